The van der Waals surface area contributed by atoms with Crippen molar-refractivity contribution in [2.45, 2.75) is 17.7 Å². The smallest absolute Gasteiger partial charge is 0.315 e. The molecule has 23 heavy (non-hydrogen) atoms. The molecule has 0 bridgehead atoms. The van der Waals surface area contributed by atoms with Crippen molar-refractivity contribution in [3.63, 3.8) is 0 Å². The normalized spacial score (nSPS) is 21.4. The van der Waals surface area contributed by atoms with Gasteiger partial charge in [-0.05, 0) is 19.1 Å². The molecule has 10 heteroatoms. The van der Waals surface area contributed by atoms with Crippen LogP contribution in [0.25, 0.3) is 0 Å². The van der Waals surface area contributed by atoms with Crippen molar-refractivity contribution in [2.24, 2.45) is 5.41 Å². The number of hydrogen-bond acceptors (Lipinski definition) is 5. The Labute approximate surface area is 146 Å². The molecule has 1 amide bonds. The number of ether oxygens (including phenoxy) is 1. The molecule has 2 rings (SSSR count). The lowest BCUT2D eigenvalue weighted by Gasteiger charge is -2.12. The molecule has 1 aromatic rings. The summed E-state index contributed by atoms with van der Waals surface area (Å²) in [4.78, 5) is 33.8. The first-order valence-electron chi connectivity index (χ1n) is 6.36. The summed E-state index contributed by atoms with van der Waals surface area (Å²) in [5.74, 6) is -1.44. The molecular formula is C13H11Cl3N2O5. The van der Waals surface area contributed by atoms with Crippen LogP contribution in [0.1, 0.15) is 13.3 Å². The average Bonchev–Trinajstić information content (AvgIpc) is 2.98. The number of rotatable bonds is 5. The molecule has 0 unspecified atom stereocenters. The third-order valence-corrected chi connectivity index (χ3v) is 4.81. The maximum Gasteiger partial charge on any atom is 0.315 e. The van der Waals surface area contributed by atoms with Gasteiger partial charge in [-0.15, -0.1) is 23.2 Å². The number of hydrogen-bond donors (Lipinski definition) is 1. The lowest BCUT2D eigenvalue weighted by atomic mass is 10.1. The predicted octanol–water partition coefficient (Wildman–Crippen LogP) is 3.31. The second-order valence-corrected chi connectivity index (χ2v) is 7.18. The van der Waals surface area contributed by atoms with Gasteiger partial charge >= 0.3 is 5.97 Å². The molecule has 0 aromatic heterocycles. The Morgan fingerprint density at radius 2 is 2.04 bits per heavy atom. The zero-order valence-corrected chi connectivity index (χ0v) is 14.0. The zero-order chi connectivity index (χ0) is 17.4. The fraction of sp³-hybridized carbons (Fsp3) is 0.385. The minimum absolute atomic E-state index is 0.0536. The first-order chi connectivity index (χ1) is 10.6. The van der Waals surface area contributed by atoms with Crippen molar-refractivity contribution in [3.05, 3.63) is 33.3 Å². The van der Waals surface area contributed by atoms with Gasteiger partial charge in [-0.25, -0.2) is 0 Å². The maximum atomic E-state index is 11.8. The van der Waals surface area contributed by atoms with Crippen LogP contribution < -0.4 is 5.32 Å². The monoisotopic (exact) mass is 380 g/mol. The Hall–Kier alpha value is -1.57. The molecule has 0 radical (unpaired) electrons. The largest absolute Gasteiger partial charge is 0.455 e. The summed E-state index contributed by atoms with van der Waals surface area (Å²) in [7, 11) is 0. The molecule has 1 N–H and O–H groups in total. The number of halogens is 3. The summed E-state index contributed by atoms with van der Waals surface area (Å²) in [5.41, 5.74) is -1.48. The third-order valence-electron chi connectivity index (χ3n) is 3.47. The molecular weight excluding hydrogens is 371 g/mol. The second kappa shape index (κ2) is 6.14. The Balaban J connectivity index is 1.96. The molecule has 124 valence electrons. The molecule has 0 saturated heterocycles. The van der Waals surface area contributed by atoms with Gasteiger partial charge in [-0.3, -0.25) is 19.7 Å². The Morgan fingerprint density at radius 3 is 2.57 bits per heavy atom. The minimum Gasteiger partial charge on any atom is -0.455 e. The van der Waals surface area contributed by atoms with E-state index in [0.717, 1.165) is 6.07 Å². The lowest BCUT2D eigenvalue weighted by Crippen LogP contribution is -2.27. The van der Waals surface area contributed by atoms with Crippen LogP contribution in [-0.2, 0) is 14.3 Å². The van der Waals surface area contributed by atoms with Crippen molar-refractivity contribution in [2.75, 3.05) is 11.9 Å². The first kappa shape index (κ1) is 17.8. The molecule has 0 spiro atoms. The average molecular weight is 382 g/mol. The van der Waals surface area contributed by atoms with Gasteiger partial charge in [0.25, 0.3) is 11.6 Å². The van der Waals surface area contributed by atoms with Gasteiger partial charge in [0.1, 0.15) is 15.4 Å². The molecule has 7 nitrogen and oxygen atoms in total. The van der Waals surface area contributed by atoms with E-state index in [1.807, 2.05) is 0 Å². The van der Waals surface area contributed by atoms with Gasteiger partial charge in [0.05, 0.1) is 4.92 Å². The van der Waals surface area contributed by atoms with E-state index in [2.05, 4.69) is 5.32 Å². The van der Waals surface area contributed by atoms with Gasteiger partial charge < -0.3 is 10.1 Å². The van der Waals surface area contributed by atoms with E-state index in [4.69, 9.17) is 39.5 Å². The maximum absolute atomic E-state index is 11.8. The molecule has 0 aliphatic heterocycles. The molecule has 1 fully saturated rings. The van der Waals surface area contributed by atoms with Crippen LogP contribution in [0.2, 0.25) is 5.02 Å². The summed E-state index contributed by atoms with van der Waals surface area (Å²) < 4.78 is 3.65. The van der Waals surface area contributed by atoms with Crippen molar-refractivity contribution in [1.29, 1.82) is 0 Å². The number of anilines is 1. The van der Waals surface area contributed by atoms with Gasteiger partial charge in [-0.2, -0.15) is 0 Å². The standard InChI is InChI=1S/C13H11Cl3N2O5/c1-12(6-13(12,15)16)11(20)23-5-10(19)17-8-3-2-7(14)4-9(8)18(21)22/h2-4H,5-6H2,1H3,(H,17,19)/t12-/m1/s1. The van der Waals surface area contributed by atoms with Crippen LogP contribution in [-0.4, -0.2) is 27.7 Å². The van der Waals surface area contributed by atoms with E-state index < -0.39 is 33.2 Å². The van der Waals surface area contributed by atoms with E-state index in [1.54, 1.807) is 0 Å². The summed E-state index contributed by atoms with van der Waals surface area (Å²) in [6, 6.07) is 3.77. The highest BCUT2D eigenvalue weighted by Gasteiger charge is 2.69. The van der Waals surface area contributed by atoms with Crippen LogP contribution >= 0.6 is 34.8 Å². The van der Waals surface area contributed by atoms with Crippen molar-refractivity contribution < 1.29 is 19.2 Å². The van der Waals surface area contributed by atoms with Crippen LogP contribution in [0.3, 0.4) is 0 Å². The predicted molar refractivity (Wildman–Crippen MR) is 84.9 cm³/mol. The number of amides is 1. The van der Waals surface area contributed by atoms with Crippen molar-refractivity contribution in [3.8, 4) is 0 Å². The molecule has 1 atom stereocenters. The number of nitro groups is 1. The van der Waals surface area contributed by atoms with Crippen LogP contribution in [0.5, 0.6) is 0 Å². The van der Waals surface area contributed by atoms with E-state index in [9.17, 15) is 19.7 Å². The number of benzene rings is 1. The second-order valence-electron chi connectivity index (χ2n) is 5.26. The first-order valence-corrected chi connectivity index (χ1v) is 7.49. The van der Waals surface area contributed by atoms with Gasteiger partial charge in [0.15, 0.2) is 6.61 Å². The number of carbonyl (C=O) groups is 2. The SMILES string of the molecule is C[C@]1(C(=O)OCC(=O)Nc2ccc(Cl)cc2[N+](=O)[O-])CC1(Cl)Cl. The molecule has 1 saturated carbocycles. The van der Waals surface area contributed by atoms with E-state index in [1.165, 1.54) is 19.1 Å². The number of alkyl halides is 2. The van der Waals surface area contributed by atoms with Gasteiger partial charge in [0, 0.05) is 17.5 Å². The summed E-state index contributed by atoms with van der Waals surface area (Å²) in [6.45, 7) is 0.912. The zero-order valence-electron chi connectivity index (χ0n) is 11.8. The van der Waals surface area contributed by atoms with Crippen molar-refractivity contribution in [1.82, 2.24) is 0 Å². The highest BCUT2D eigenvalue weighted by molar-refractivity contribution is 6.53. The quantitative estimate of drug-likeness (QED) is 0.365. The topological polar surface area (TPSA) is 98.5 Å². The fourth-order valence-electron chi connectivity index (χ4n) is 1.86. The number of nitrogens with one attached hydrogen (secondary N) is 1. The molecule has 1 aromatic carbocycles. The summed E-state index contributed by atoms with van der Waals surface area (Å²) in [6.07, 6.45) is 0.228. The number of carbonyl (C=O) groups excluding carboxylic acids is 2. The Morgan fingerprint density at radius 1 is 1.43 bits per heavy atom. The summed E-state index contributed by atoms with van der Waals surface area (Å²) >= 11 is 17.3. The highest BCUT2D eigenvalue weighted by Crippen LogP contribution is 2.64. The lowest BCUT2D eigenvalue weighted by molar-refractivity contribution is -0.383. The minimum atomic E-state index is -1.20. The number of nitro benzene ring substituents is 1. The van der Waals surface area contributed by atoms with E-state index >= 15 is 0 Å². The van der Waals surface area contributed by atoms with Crippen LogP contribution in [0, 0.1) is 15.5 Å². The van der Waals surface area contributed by atoms with Crippen molar-refractivity contribution >= 4 is 58.1 Å². The Kier molecular flexibility index (Phi) is 4.75. The van der Waals surface area contributed by atoms with Gasteiger partial charge in [-0.1, -0.05) is 11.6 Å². The molecule has 0 heterocycles. The van der Waals surface area contributed by atoms with Crippen LogP contribution in [0.15, 0.2) is 18.2 Å². The number of esters is 1. The summed E-state index contributed by atoms with van der Waals surface area (Å²) in [5, 5.41) is 13.4. The molecule has 1 aliphatic carbocycles. The highest BCUT2D eigenvalue weighted by atomic mass is 35.5. The number of nitrogens with zero attached hydrogens (tertiary/aromatic N) is 1. The fourth-order valence-corrected chi connectivity index (χ4v) is 2.71. The Bertz CT molecular complexity index is 694. The van der Waals surface area contributed by atoms with Crippen LogP contribution in [0.4, 0.5) is 11.4 Å². The van der Waals surface area contributed by atoms with Gasteiger partial charge in [0.2, 0.25) is 0 Å². The van der Waals surface area contributed by atoms with E-state index in [0.29, 0.717) is 0 Å². The van der Waals surface area contributed by atoms with E-state index in [-0.39, 0.29) is 22.8 Å². The third kappa shape index (κ3) is 3.68. The molecule has 1 aliphatic rings.